The van der Waals surface area contributed by atoms with E-state index in [4.69, 9.17) is 0 Å². The van der Waals surface area contributed by atoms with Crippen LogP contribution in [-0.4, -0.2) is 24.9 Å². The van der Waals surface area contributed by atoms with Gasteiger partial charge in [0.2, 0.25) is 11.8 Å². The quantitative estimate of drug-likeness (QED) is 0.837. The summed E-state index contributed by atoms with van der Waals surface area (Å²) in [5.74, 6) is 0.902. The fourth-order valence-electron chi connectivity index (χ4n) is 3.11. The number of anilines is 2. The Morgan fingerprint density at radius 3 is 1.62 bits per heavy atom. The van der Waals surface area contributed by atoms with Crippen LogP contribution in [0.4, 0.5) is 11.4 Å². The minimum absolute atomic E-state index is 0.212. The first-order valence-electron chi connectivity index (χ1n) is 7.97. The molecule has 110 valence electrons. The van der Waals surface area contributed by atoms with Crippen molar-refractivity contribution in [2.45, 2.75) is 32.1 Å². The van der Waals surface area contributed by atoms with Gasteiger partial charge in [-0.2, -0.15) is 0 Å². The van der Waals surface area contributed by atoms with Crippen LogP contribution in [0.1, 0.15) is 32.1 Å². The van der Waals surface area contributed by atoms with Gasteiger partial charge in [-0.25, -0.2) is 0 Å². The van der Waals surface area contributed by atoms with E-state index in [9.17, 15) is 9.59 Å². The summed E-state index contributed by atoms with van der Waals surface area (Å²) >= 11 is 0. The number of para-hydroxylation sites is 2. The molecule has 3 aliphatic rings. The average molecular weight is 284 g/mol. The van der Waals surface area contributed by atoms with Gasteiger partial charge in [-0.1, -0.05) is 12.1 Å². The van der Waals surface area contributed by atoms with E-state index in [1.807, 2.05) is 34.1 Å². The Bertz CT molecular complexity index is 539. The molecule has 2 saturated carbocycles. The van der Waals surface area contributed by atoms with Crippen molar-refractivity contribution in [1.82, 2.24) is 0 Å². The van der Waals surface area contributed by atoms with Crippen molar-refractivity contribution < 1.29 is 9.59 Å². The highest BCUT2D eigenvalue weighted by Gasteiger charge is 2.39. The summed E-state index contributed by atoms with van der Waals surface area (Å²) in [6.45, 7) is 1.45. The third-order valence-corrected chi connectivity index (χ3v) is 4.61. The van der Waals surface area contributed by atoms with Crippen molar-refractivity contribution in [2.75, 3.05) is 22.9 Å². The van der Waals surface area contributed by atoms with Crippen molar-refractivity contribution in [1.29, 1.82) is 0 Å². The monoisotopic (exact) mass is 284 g/mol. The summed E-state index contributed by atoms with van der Waals surface area (Å²) < 4.78 is 0. The summed E-state index contributed by atoms with van der Waals surface area (Å²) in [5, 5.41) is 0. The van der Waals surface area contributed by atoms with Crippen LogP contribution in [0.3, 0.4) is 0 Å². The number of carbonyl (C=O) groups is 2. The molecule has 2 aliphatic carbocycles. The van der Waals surface area contributed by atoms with Crippen molar-refractivity contribution in [3.05, 3.63) is 24.3 Å². The van der Waals surface area contributed by atoms with Crippen LogP contribution in [0, 0.1) is 11.8 Å². The summed E-state index contributed by atoms with van der Waals surface area (Å²) in [7, 11) is 0. The molecule has 0 atom stereocenters. The smallest absolute Gasteiger partial charge is 0.230 e. The third kappa shape index (κ3) is 2.33. The molecule has 4 heteroatoms. The molecule has 4 nitrogen and oxygen atoms in total. The molecule has 4 rings (SSSR count). The molecule has 0 unspecified atom stereocenters. The number of hydrogen-bond acceptors (Lipinski definition) is 2. The van der Waals surface area contributed by atoms with Gasteiger partial charge < -0.3 is 9.80 Å². The van der Waals surface area contributed by atoms with Crippen LogP contribution in [0.15, 0.2) is 24.3 Å². The maximum absolute atomic E-state index is 12.5. The van der Waals surface area contributed by atoms with Crippen molar-refractivity contribution in [2.24, 2.45) is 11.8 Å². The molecule has 2 fully saturated rings. The maximum Gasteiger partial charge on any atom is 0.230 e. The Balaban J connectivity index is 1.70. The molecule has 0 spiro atoms. The van der Waals surface area contributed by atoms with E-state index in [1.165, 1.54) is 0 Å². The minimum Gasteiger partial charge on any atom is -0.310 e. The summed E-state index contributed by atoms with van der Waals surface area (Å²) in [5.41, 5.74) is 1.84. The molecule has 21 heavy (non-hydrogen) atoms. The second-order valence-electron chi connectivity index (χ2n) is 6.37. The molecule has 1 heterocycles. The van der Waals surface area contributed by atoms with E-state index in [-0.39, 0.29) is 23.7 Å². The Labute approximate surface area is 124 Å². The second-order valence-corrected chi connectivity index (χ2v) is 6.37. The van der Waals surface area contributed by atoms with E-state index in [1.54, 1.807) is 0 Å². The van der Waals surface area contributed by atoms with Gasteiger partial charge in [0.05, 0.1) is 11.4 Å². The molecule has 0 saturated heterocycles. The lowest BCUT2D eigenvalue weighted by Crippen LogP contribution is -2.32. The molecule has 2 amide bonds. The number of amides is 2. The zero-order valence-electron chi connectivity index (χ0n) is 12.1. The van der Waals surface area contributed by atoms with Crippen molar-refractivity contribution in [3.8, 4) is 0 Å². The third-order valence-electron chi connectivity index (χ3n) is 4.61. The predicted molar refractivity (Wildman–Crippen MR) is 81.2 cm³/mol. The Morgan fingerprint density at radius 2 is 1.24 bits per heavy atom. The molecule has 1 aromatic carbocycles. The first kappa shape index (κ1) is 12.9. The lowest BCUT2D eigenvalue weighted by molar-refractivity contribution is -0.120. The highest BCUT2D eigenvalue weighted by molar-refractivity contribution is 6.05. The molecule has 0 aromatic heterocycles. The standard InChI is InChI=1S/C17H20N2O2/c20-16(12-6-7-12)18-10-3-11-19(17(21)13-8-9-13)15-5-2-1-4-14(15)18/h1-2,4-5,12-13H,3,6-11H2. The average Bonchev–Trinajstić information content (AvgIpc) is 3.40. The van der Waals surface area contributed by atoms with Gasteiger partial charge in [-0.3, -0.25) is 9.59 Å². The largest absolute Gasteiger partial charge is 0.310 e. The fourth-order valence-corrected chi connectivity index (χ4v) is 3.11. The number of nitrogens with zero attached hydrogens (tertiary/aromatic N) is 2. The fraction of sp³-hybridized carbons (Fsp3) is 0.529. The number of carbonyl (C=O) groups excluding carboxylic acids is 2. The van der Waals surface area contributed by atoms with Gasteiger partial charge in [0.1, 0.15) is 0 Å². The van der Waals surface area contributed by atoms with Gasteiger partial charge in [0.25, 0.3) is 0 Å². The summed E-state index contributed by atoms with van der Waals surface area (Å²) in [6.07, 6.45) is 4.92. The molecular formula is C17H20N2O2. The number of rotatable bonds is 2. The lowest BCUT2D eigenvalue weighted by atomic mass is 10.2. The Morgan fingerprint density at radius 1 is 0.810 bits per heavy atom. The summed E-state index contributed by atoms with van der Waals surface area (Å²) in [6, 6.07) is 7.87. The van der Waals surface area contributed by atoms with E-state index >= 15 is 0 Å². The van der Waals surface area contributed by atoms with Crippen LogP contribution in [-0.2, 0) is 9.59 Å². The Hall–Kier alpha value is -1.84. The Kier molecular flexibility index (Phi) is 2.98. The first-order valence-corrected chi connectivity index (χ1v) is 7.97. The van der Waals surface area contributed by atoms with E-state index in [0.717, 1.165) is 56.6 Å². The van der Waals surface area contributed by atoms with Gasteiger partial charge in [0, 0.05) is 24.9 Å². The maximum atomic E-state index is 12.5. The van der Waals surface area contributed by atoms with Crippen molar-refractivity contribution in [3.63, 3.8) is 0 Å². The molecule has 0 N–H and O–H groups in total. The highest BCUT2D eigenvalue weighted by Crippen LogP contribution is 2.40. The van der Waals surface area contributed by atoms with Crippen LogP contribution < -0.4 is 9.80 Å². The van der Waals surface area contributed by atoms with E-state index < -0.39 is 0 Å². The van der Waals surface area contributed by atoms with E-state index in [2.05, 4.69) is 0 Å². The molecular weight excluding hydrogens is 264 g/mol. The highest BCUT2D eigenvalue weighted by atomic mass is 16.2. The predicted octanol–water partition coefficient (Wildman–Crippen LogP) is 2.58. The lowest BCUT2D eigenvalue weighted by Gasteiger charge is -2.25. The van der Waals surface area contributed by atoms with Gasteiger partial charge in [-0.15, -0.1) is 0 Å². The van der Waals surface area contributed by atoms with E-state index in [0.29, 0.717) is 0 Å². The van der Waals surface area contributed by atoms with Crippen LogP contribution in [0.5, 0.6) is 0 Å². The van der Waals surface area contributed by atoms with Gasteiger partial charge >= 0.3 is 0 Å². The minimum atomic E-state index is 0.212. The summed E-state index contributed by atoms with van der Waals surface area (Å²) in [4.78, 5) is 28.9. The van der Waals surface area contributed by atoms with Gasteiger partial charge in [-0.05, 0) is 44.2 Å². The van der Waals surface area contributed by atoms with Crippen LogP contribution >= 0.6 is 0 Å². The van der Waals surface area contributed by atoms with Crippen LogP contribution in [0.25, 0.3) is 0 Å². The number of fused-ring (bicyclic) bond motifs is 1. The normalized spacial score (nSPS) is 21.7. The van der Waals surface area contributed by atoms with Crippen molar-refractivity contribution >= 4 is 23.2 Å². The number of benzene rings is 1. The molecule has 0 bridgehead atoms. The molecule has 1 aliphatic heterocycles. The zero-order valence-corrected chi connectivity index (χ0v) is 12.1. The second kappa shape index (κ2) is 4.86. The topological polar surface area (TPSA) is 40.6 Å². The van der Waals surface area contributed by atoms with Gasteiger partial charge in [0.15, 0.2) is 0 Å². The number of hydrogen-bond donors (Lipinski definition) is 0. The first-order chi connectivity index (χ1) is 10.3. The van der Waals surface area contributed by atoms with Crippen LogP contribution in [0.2, 0.25) is 0 Å². The molecule has 0 radical (unpaired) electrons. The molecule has 1 aromatic rings. The zero-order chi connectivity index (χ0) is 14.4. The SMILES string of the molecule is O=C(C1CC1)N1CCCN(C(=O)C2CC2)c2ccccc21.